The van der Waals surface area contributed by atoms with Crippen LogP contribution in [0.2, 0.25) is 0 Å². The summed E-state index contributed by atoms with van der Waals surface area (Å²) in [5.74, 6) is 1.74. The summed E-state index contributed by atoms with van der Waals surface area (Å²) in [4.78, 5) is 4.88. The number of methoxy groups -OCH3 is 2. The van der Waals surface area contributed by atoms with Gasteiger partial charge in [0.15, 0.2) is 5.82 Å². The minimum absolute atomic E-state index is 0.00507. The average Bonchev–Trinajstić information content (AvgIpc) is 3.27. The Morgan fingerprint density at radius 1 is 0.935 bits per heavy atom. The molecular weight excluding hydrogens is 392 g/mol. The van der Waals surface area contributed by atoms with Crippen molar-refractivity contribution in [3.05, 3.63) is 65.5 Å². The summed E-state index contributed by atoms with van der Waals surface area (Å²) in [5, 5.41) is 12.6. The van der Waals surface area contributed by atoms with Gasteiger partial charge in [0.2, 0.25) is 0 Å². The van der Waals surface area contributed by atoms with Gasteiger partial charge in [0.1, 0.15) is 5.75 Å². The molecule has 1 aliphatic rings. The number of ether oxygens (including phenoxy) is 2. The molecular formula is C23H30N6O2. The van der Waals surface area contributed by atoms with E-state index in [4.69, 9.17) is 9.47 Å². The zero-order valence-electron chi connectivity index (χ0n) is 18.4. The van der Waals surface area contributed by atoms with Gasteiger partial charge in [-0.05, 0) is 47.2 Å². The average molecular weight is 423 g/mol. The highest BCUT2D eigenvalue weighted by Gasteiger charge is 2.30. The Morgan fingerprint density at radius 3 is 2.29 bits per heavy atom. The molecule has 1 atom stereocenters. The van der Waals surface area contributed by atoms with Gasteiger partial charge < -0.3 is 14.4 Å². The molecule has 164 valence electrons. The molecule has 2 aromatic carbocycles. The molecule has 0 amide bonds. The molecule has 0 spiro atoms. The van der Waals surface area contributed by atoms with Gasteiger partial charge in [0.25, 0.3) is 0 Å². The van der Waals surface area contributed by atoms with Crippen molar-refractivity contribution in [1.29, 1.82) is 0 Å². The maximum Gasteiger partial charge on any atom is 0.173 e. The molecule has 0 N–H and O–H groups in total. The first-order valence-electron chi connectivity index (χ1n) is 10.6. The quantitative estimate of drug-likeness (QED) is 0.553. The fourth-order valence-corrected chi connectivity index (χ4v) is 4.05. The van der Waals surface area contributed by atoms with Crippen LogP contribution in [0.3, 0.4) is 0 Å². The molecule has 8 heteroatoms. The van der Waals surface area contributed by atoms with Crippen LogP contribution in [-0.4, -0.2) is 72.1 Å². The number of piperazine rings is 1. The second-order valence-electron chi connectivity index (χ2n) is 7.79. The molecule has 0 radical (unpaired) electrons. The van der Waals surface area contributed by atoms with Crippen LogP contribution in [0.1, 0.15) is 23.0 Å². The van der Waals surface area contributed by atoms with E-state index >= 15 is 0 Å². The van der Waals surface area contributed by atoms with Crippen molar-refractivity contribution in [3.8, 4) is 5.75 Å². The van der Waals surface area contributed by atoms with Gasteiger partial charge in [-0.25, -0.2) is 4.68 Å². The Bertz CT molecular complexity index is 949. The van der Waals surface area contributed by atoms with Crippen molar-refractivity contribution in [2.75, 3.05) is 51.9 Å². The molecule has 1 fully saturated rings. The molecule has 0 bridgehead atoms. The van der Waals surface area contributed by atoms with Crippen LogP contribution in [0.4, 0.5) is 5.69 Å². The van der Waals surface area contributed by atoms with E-state index in [1.807, 2.05) is 16.8 Å². The van der Waals surface area contributed by atoms with E-state index in [9.17, 15) is 0 Å². The van der Waals surface area contributed by atoms with Crippen molar-refractivity contribution in [3.63, 3.8) is 0 Å². The first kappa shape index (κ1) is 21.3. The predicted octanol–water partition coefficient (Wildman–Crippen LogP) is 2.55. The molecule has 1 saturated heterocycles. The van der Waals surface area contributed by atoms with E-state index < -0.39 is 0 Å². The number of nitrogens with zero attached hydrogens (tertiary/aromatic N) is 6. The molecule has 3 aromatic rings. The highest BCUT2D eigenvalue weighted by atomic mass is 16.5. The fourth-order valence-electron chi connectivity index (χ4n) is 4.05. The van der Waals surface area contributed by atoms with Crippen LogP contribution < -0.4 is 9.64 Å². The van der Waals surface area contributed by atoms with Gasteiger partial charge >= 0.3 is 0 Å². The number of aromatic nitrogens is 4. The summed E-state index contributed by atoms with van der Waals surface area (Å²) < 4.78 is 12.4. The van der Waals surface area contributed by atoms with Gasteiger partial charge in [-0.2, -0.15) is 0 Å². The Hall–Kier alpha value is -2.97. The van der Waals surface area contributed by atoms with Gasteiger partial charge in [0, 0.05) is 39.0 Å². The lowest BCUT2D eigenvalue weighted by molar-refractivity contribution is 0.172. The highest BCUT2D eigenvalue weighted by Crippen LogP contribution is 2.29. The Balaban J connectivity index is 1.55. The normalized spacial score (nSPS) is 15.8. The molecule has 0 aliphatic carbocycles. The number of rotatable bonds is 8. The zero-order valence-corrected chi connectivity index (χ0v) is 18.4. The first-order chi connectivity index (χ1) is 15.2. The molecule has 8 nitrogen and oxygen atoms in total. The lowest BCUT2D eigenvalue weighted by atomic mass is 10.0. The molecule has 1 unspecified atom stereocenters. The summed E-state index contributed by atoms with van der Waals surface area (Å²) >= 11 is 0. The second kappa shape index (κ2) is 9.89. The number of anilines is 1. The molecule has 31 heavy (non-hydrogen) atoms. The molecule has 2 heterocycles. The lowest BCUT2D eigenvalue weighted by Gasteiger charge is -2.40. The summed E-state index contributed by atoms with van der Waals surface area (Å²) in [6, 6.07) is 17.0. The number of benzene rings is 2. The standard InChI is InChI=1S/C23H30N6O2/c1-18-4-6-19(7-5-18)22(23-24-25-26-29(23)16-17-30-2)28-14-12-27(13-15-28)20-8-10-21(31-3)11-9-20/h4-11,22H,12-17H2,1-3H3. The minimum Gasteiger partial charge on any atom is -0.497 e. The third-order valence-corrected chi connectivity index (χ3v) is 5.82. The Morgan fingerprint density at radius 2 is 1.65 bits per heavy atom. The molecule has 0 saturated carbocycles. The fraction of sp³-hybridized carbons (Fsp3) is 0.435. The Labute approximate surface area is 183 Å². The number of hydrogen-bond donors (Lipinski definition) is 0. The second-order valence-corrected chi connectivity index (χ2v) is 7.79. The lowest BCUT2D eigenvalue weighted by Crippen LogP contribution is -2.48. The number of tetrazole rings is 1. The first-order valence-corrected chi connectivity index (χ1v) is 10.6. The van der Waals surface area contributed by atoms with Gasteiger partial charge in [-0.1, -0.05) is 29.8 Å². The van der Waals surface area contributed by atoms with E-state index in [0.29, 0.717) is 13.2 Å². The van der Waals surface area contributed by atoms with E-state index in [2.05, 4.69) is 68.6 Å². The van der Waals surface area contributed by atoms with Crippen LogP contribution in [0.25, 0.3) is 0 Å². The zero-order chi connectivity index (χ0) is 21.6. The van der Waals surface area contributed by atoms with E-state index in [1.165, 1.54) is 16.8 Å². The van der Waals surface area contributed by atoms with E-state index in [-0.39, 0.29) is 6.04 Å². The maximum absolute atomic E-state index is 5.29. The van der Waals surface area contributed by atoms with Crippen molar-refractivity contribution >= 4 is 5.69 Å². The maximum atomic E-state index is 5.29. The smallest absolute Gasteiger partial charge is 0.173 e. The van der Waals surface area contributed by atoms with E-state index in [0.717, 1.165) is 37.8 Å². The number of aryl methyl sites for hydroxylation is 1. The van der Waals surface area contributed by atoms with Crippen LogP contribution >= 0.6 is 0 Å². The van der Waals surface area contributed by atoms with Crippen LogP contribution in [0, 0.1) is 6.92 Å². The monoisotopic (exact) mass is 422 g/mol. The predicted molar refractivity (Wildman–Crippen MR) is 119 cm³/mol. The summed E-state index contributed by atoms with van der Waals surface area (Å²) in [6.07, 6.45) is 0. The summed E-state index contributed by atoms with van der Waals surface area (Å²) in [5.41, 5.74) is 3.67. The van der Waals surface area contributed by atoms with Crippen LogP contribution in [-0.2, 0) is 11.3 Å². The van der Waals surface area contributed by atoms with Crippen molar-refractivity contribution in [1.82, 2.24) is 25.1 Å². The largest absolute Gasteiger partial charge is 0.497 e. The van der Waals surface area contributed by atoms with Crippen LogP contribution in [0.15, 0.2) is 48.5 Å². The van der Waals surface area contributed by atoms with Crippen LogP contribution in [0.5, 0.6) is 5.75 Å². The summed E-state index contributed by atoms with van der Waals surface area (Å²) in [7, 11) is 3.39. The topological polar surface area (TPSA) is 68.5 Å². The highest BCUT2D eigenvalue weighted by molar-refractivity contribution is 5.49. The minimum atomic E-state index is 0.00507. The van der Waals surface area contributed by atoms with E-state index in [1.54, 1.807) is 14.2 Å². The molecule has 4 rings (SSSR count). The van der Waals surface area contributed by atoms with Gasteiger partial charge in [-0.3, -0.25) is 4.90 Å². The summed E-state index contributed by atoms with van der Waals surface area (Å²) in [6.45, 7) is 7.03. The number of hydrogen-bond acceptors (Lipinski definition) is 7. The van der Waals surface area contributed by atoms with Crippen molar-refractivity contribution in [2.24, 2.45) is 0 Å². The third-order valence-electron chi connectivity index (χ3n) is 5.82. The van der Waals surface area contributed by atoms with Gasteiger partial charge in [0.05, 0.1) is 26.3 Å². The third kappa shape index (κ3) is 4.86. The van der Waals surface area contributed by atoms with Crippen molar-refractivity contribution in [2.45, 2.75) is 19.5 Å². The SMILES string of the molecule is COCCn1nnnc1C(c1ccc(C)cc1)N1CCN(c2ccc(OC)cc2)CC1. The Kier molecular flexibility index (Phi) is 6.79. The van der Waals surface area contributed by atoms with Gasteiger partial charge in [-0.15, -0.1) is 5.10 Å². The molecule has 1 aromatic heterocycles. The van der Waals surface area contributed by atoms with Crippen molar-refractivity contribution < 1.29 is 9.47 Å². The molecule has 1 aliphatic heterocycles.